The van der Waals surface area contributed by atoms with Crippen molar-refractivity contribution in [2.75, 3.05) is 20.1 Å². The van der Waals surface area contributed by atoms with Crippen LogP contribution in [0.2, 0.25) is 0 Å². The minimum absolute atomic E-state index is 0.258. The largest absolute Gasteiger partial charge is 0.444 e. The molecule has 0 aliphatic carbocycles. The molecule has 5 heteroatoms. The smallest absolute Gasteiger partial charge is 0.410 e. The van der Waals surface area contributed by atoms with Gasteiger partial charge in [0.05, 0.1) is 0 Å². The van der Waals surface area contributed by atoms with Crippen LogP contribution < -0.4 is 5.32 Å². The molecular weight excluding hydrogens is 296 g/mol. The number of nitrogens with zero attached hydrogens (tertiary/aromatic N) is 1. The molecule has 1 N–H and O–H groups in total. The molecular formula is C17H30N2O2S. The summed E-state index contributed by atoms with van der Waals surface area (Å²) in [6, 6.07) is 4.76. The zero-order valence-corrected chi connectivity index (χ0v) is 15.5. The van der Waals surface area contributed by atoms with Crippen LogP contribution in [0.25, 0.3) is 0 Å². The Morgan fingerprint density at radius 2 is 2.09 bits per heavy atom. The van der Waals surface area contributed by atoms with Gasteiger partial charge >= 0.3 is 6.09 Å². The van der Waals surface area contributed by atoms with E-state index < -0.39 is 5.60 Å². The summed E-state index contributed by atoms with van der Waals surface area (Å²) in [6.45, 7) is 11.6. The summed E-state index contributed by atoms with van der Waals surface area (Å²) in [7, 11) is 1.78. The molecule has 1 aromatic heterocycles. The van der Waals surface area contributed by atoms with Gasteiger partial charge in [-0.15, -0.1) is 11.3 Å². The SMILES string of the molecule is CCc1ccc(C(C)NCCCN(C)C(=O)OC(C)(C)C)s1. The van der Waals surface area contributed by atoms with E-state index in [0.717, 1.165) is 19.4 Å². The quantitative estimate of drug-likeness (QED) is 0.763. The monoisotopic (exact) mass is 326 g/mol. The van der Waals surface area contributed by atoms with E-state index in [2.05, 4.69) is 31.3 Å². The maximum absolute atomic E-state index is 11.8. The molecule has 22 heavy (non-hydrogen) atoms. The third-order valence-electron chi connectivity index (χ3n) is 3.28. The van der Waals surface area contributed by atoms with Gasteiger partial charge in [0, 0.05) is 29.4 Å². The number of carbonyl (C=O) groups excluding carboxylic acids is 1. The lowest BCUT2D eigenvalue weighted by Gasteiger charge is -2.24. The van der Waals surface area contributed by atoms with Gasteiger partial charge in [0.2, 0.25) is 0 Å². The van der Waals surface area contributed by atoms with Crippen molar-refractivity contribution in [2.24, 2.45) is 0 Å². The zero-order chi connectivity index (χ0) is 16.8. The Balaban J connectivity index is 2.25. The van der Waals surface area contributed by atoms with Crippen molar-refractivity contribution in [1.82, 2.24) is 10.2 Å². The standard InChI is InChI=1S/C17H30N2O2S/c1-7-14-9-10-15(22-14)13(2)18-11-8-12-19(6)16(20)21-17(3,4)5/h9-10,13,18H,7-8,11-12H2,1-6H3. The summed E-state index contributed by atoms with van der Waals surface area (Å²) < 4.78 is 5.33. The van der Waals surface area contributed by atoms with Crippen LogP contribution in [0.3, 0.4) is 0 Å². The fourth-order valence-corrected chi connectivity index (χ4v) is 2.96. The summed E-state index contributed by atoms with van der Waals surface area (Å²) in [5, 5.41) is 3.51. The fourth-order valence-electron chi connectivity index (χ4n) is 1.98. The molecule has 1 rings (SSSR count). The topological polar surface area (TPSA) is 41.6 Å². The lowest BCUT2D eigenvalue weighted by molar-refractivity contribution is 0.0297. The lowest BCUT2D eigenvalue weighted by atomic mass is 10.2. The Bertz CT molecular complexity index is 465. The summed E-state index contributed by atoms with van der Waals surface area (Å²) in [5.41, 5.74) is -0.436. The molecule has 4 nitrogen and oxygen atoms in total. The highest BCUT2D eigenvalue weighted by atomic mass is 32.1. The maximum atomic E-state index is 11.8. The molecule has 0 bridgehead atoms. The van der Waals surface area contributed by atoms with E-state index in [4.69, 9.17) is 4.74 Å². The van der Waals surface area contributed by atoms with Crippen molar-refractivity contribution in [2.45, 2.75) is 59.1 Å². The van der Waals surface area contributed by atoms with Crippen molar-refractivity contribution in [3.05, 3.63) is 21.9 Å². The summed E-state index contributed by atoms with van der Waals surface area (Å²) >= 11 is 1.87. The number of ether oxygens (including phenoxy) is 1. The van der Waals surface area contributed by atoms with Gasteiger partial charge in [0.25, 0.3) is 0 Å². The number of hydrogen-bond acceptors (Lipinski definition) is 4. The van der Waals surface area contributed by atoms with Crippen molar-refractivity contribution in [3.63, 3.8) is 0 Å². The summed E-state index contributed by atoms with van der Waals surface area (Å²) in [5.74, 6) is 0. The second kappa shape index (κ2) is 8.53. The predicted molar refractivity (Wildman–Crippen MR) is 93.6 cm³/mol. The van der Waals surface area contributed by atoms with Gasteiger partial charge in [0.15, 0.2) is 0 Å². The Hall–Kier alpha value is -1.07. The molecule has 0 aliphatic heterocycles. The van der Waals surface area contributed by atoms with E-state index in [1.165, 1.54) is 9.75 Å². The van der Waals surface area contributed by atoms with Crippen molar-refractivity contribution in [1.29, 1.82) is 0 Å². The van der Waals surface area contributed by atoms with Crippen LogP contribution in [0.1, 0.15) is 56.8 Å². The molecule has 0 aliphatic rings. The third kappa shape index (κ3) is 6.79. The number of hydrogen-bond donors (Lipinski definition) is 1. The molecule has 1 amide bonds. The van der Waals surface area contributed by atoms with Gasteiger partial charge in [-0.1, -0.05) is 6.92 Å². The second-order valence-corrected chi connectivity index (χ2v) is 7.79. The van der Waals surface area contributed by atoms with Gasteiger partial charge in [-0.25, -0.2) is 4.79 Å². The van der Waals surface area contributed by atoms with Crippen LogP contribution in [0.5, 0.6) is 0 Å². The molecule has 0 radical (unpaired) electrons. The van der Waals surface area contributed by atoms with Crippen LogP contribution in [0, 0.1) is 0 Å². The van der Waals surface area contributed by atoms with Crippen molar-refractivity contribution < 1.29 is 9.53 Å². The van der Waals surface area contributed by atoms with Crippen molar-refractivity contribution in [3.8, 4) is 0 Å². The van der Waals surface area contributed by atoms with E-state index in [9.17, 15) is 4.79 Å². The minimum atomic E-state index is -0.436. The first-order valence-corrected chi connectivity index (χ1v) is 8.80. The highest BCUT2D eigenvalue weighted by Gasteiger charge is 2.19. The van der Waals surface area contributed by atoms with Gasteiger partial charge in [-0.05, 0) is 59.2 Å². The Morgan fingerprint density at radius 3 is 2.64 bits per heavy atom. The van der Waals surface area contributed by atoms with Crippen LogP contribution in [0.15, 0.2) is 12.1 Å². The number of nitrogens with one attached hydrogen (secondary N) is 1. The number of amides is 1. The molecule has 1 aromatic rings. The Labute approximate surface area is 138 Å². The number of aryl methyl sites for hydroxylation is 1. The van der Waals surface area contributed by atoms with E-state index in [-0.39, 0.29) is 6.09 Å². The molecule has 0 saturated heterocycles. The van der Waals surface area contributed by atoms with Gasteiger partial charge in [-0.3, -0.25) is 0 Å². The number of carbonyl (C=O) groups is 1. The van der Waals surface area contributed by atoms with E-state index in [0.29, 0.717) is 12.6 Å². The Kier molecular flexibility index (Phi) is 7.36. The van der Waals surface area contributed by atoms with Crippen LogP contribution >= 0.6 is 11.3 Å². The predicted octanol–water partition coefficient (Wildman–Crippen LogP) is 4.22. The lowest BCUT2D eigenvalue weighted by Crippen LogP contribution is -2.35. The molecule has 0 saturated carbocycles. The minimum Gasteiger partial charge on any atom is -0.444 e. The fraction of sp³-hybridized carbons (Fsp3) is 0.706. The number of thiophene rings is 1. The average molecular weight is 327 g/mol. The second-order valence-electron chi connectivity index (χ2n) is 6.59. The van der Waals surface area contributed by atoms with Gasteiger partial charge in [-0.2, -0.15) is 0 Å². The molecule has 0 fully saturated rings. The van der Waals surface area contributed by atoms with E-state index in [1.54, 1.807) is 11.9 Å². The molecule has 1 atom stereocenters. The first-order valence-electron chi connectivity index (χ1n) is 7.99. The molecule has 0 spiro atoms. The van der Waals surface area contributed by atoms with Crippen LogP contribution in [-0.2, 0) is 11.2 Å². The van der Waals surface area contributed by atoms with Crippen LogP contribution in [-0.4, -0.2) is 36.7 Å². The van der Waals surface area contributed by atoms with Crippen LogP contribution in [0.4, 0.5) is 4.79 Å². The zero-order valence-electron chi connectivity index (χ0n) is 14.7. The maximum Gasteiger partial charge on any atom is 0.410 e. The highest BCUT2D eigenvalue weighted by molar-refractivity contribution is 7.12. The molecule has 0 aromatic carbocycles. The van der Waals surface area contributed by atoms with Gasteiger partial charge in [0.1, 0.15) is 5.60 Å². The Morgan fingerprint density at radius 1 is 1.41 bits per heavy atom. The summed E-state index contributed by atoms with van der Waals surface area (Å²) in [6.07, 6.45) is 1.75. The number of rotatable bonds is 7. The van der Waals surface area contributed by atoms with Gasteiger partial charge < -0.3 is 15.0 Å². The third-order valence-corrected chi connectivity index (χ3v) is 4.70. The first-order chi connectivity index (χ1) is 10.2. The molecule has 1 unspecified atom stereocenters. The molecule has 126 valence electrons. The average Bonchev–Trinajstić information content (AvgIpc) is 2.90. The van der Waals surface area contributed by atoms with E-state index in [1.807, 2.05) is 32.1 Å². The van der Waals surface area contributed by atoms with E-state index >= 15 is 0 Å². The summed E-state index contributed by atoms with van der Waals surface area (Å²) in [4.78, 5) is 16.3. The normalized spacial score (nSPS) is 13.0. The highest BCUT2D eigenvalue weighted by Crippen LogP contribution is 2.23. The first kappa shape index (κ1) is 19.0. The van der Waals surface area contributed by atoms with Crippen molar-refractivity contribution >= 4 is 17.4 Å². The molecule has 1 heterocycles.